The highest BCUT2D eigenvalue weighted by Crippen LogP contribution is 2.51. The molecule has 0 radical (unpaired) electrons. The molecule has 0 aliphatic carbocycles. The SMILES string of the molecule is C=CC(=O)N1CCN(c2nc(=O)n3c4c(c(-c5ccc(F)cc5F)c(C)cc24)SCC(N2C[C@@H]4C[C@H]2CO4)C3)CC1.C=CC(=O)N1C[C@H](C)N(c2nc(=O)n3c4c(c(-c5ccc(F)cc5F)c(C)cc24)SCC(N2C[C@@H]4C[C@H]2CO4)C3)C[C@H]1C.C=CC(=O)N1[C@H](C)CN(c2nc(=O)n3c4c(c(-c5ccc(F)cc5F)c(C)cc24)SCC(N2C[C@@H]4C[C@H]2CO4)C3)C[C@@H]1C. The molecule has 3 amide bonds. The summed E-state index contributed by atoms with van der Waals surface area (Å²) in [6, 6.07) is 17.7. The van der Waals surface area contributed by atoms with Crippen molar-refractivity contribution in [2.45, 2.75) is 181 Å². The van der Waals surface area contributed by atoms with Gasteiger partial charge in [-0.1, -0.05) is 19.7 Å². The van der Waals surface area contributed by atoms with Gasteiger partial charge in [0.2, 0.25) is 17.7 Å². The molecule has 13 atom stereocenters. The van der Waals surface area contributed by atoms with Crippen LogP contribution in [0.3, 0.4) is 0 Å². The van der Waals surface area contributed by atoms with Crippen LogP contribution in [-0.2, 0) is 48.2 Å². The van der Waals surface area contributed by atoms with E-state index in [-0.39, 0.29) is 95.4 Å². The zero-order chi connectivity index (χ0) is 88.7. The normalized spacial score (nSPS) is 26.2. The highest BCUT2D eigenvalue weighted by atomic mass is 32.2. The van der Waals surface area contributed by atoms with Gasteiger partial charge in [-0.3, -0.25) is 42.8 Å². The van der Waals surface area contributed by atoms with Crippen molar-refractivity contribution in [1.82, 2.24) is 58.1 Å². The predicted octanol–water partition coefficient (Wildman–Crippen LogP) is 11.9. The summed E-state index contributed by atoms with van der Waals surface area (Å²) in [7, 11) is 0. The molecule has 0 saturated carbocycles. The number of likely N-dealkylation sites (tertiary alicyclic amines) is 3. The molecule has 12 aliphatic rings. The molecule has 15 heterocycles. The first-order valence-corrected chi connectivity index (χ1v) is 46.7. The number of carbonyl (C=O) groups is 3. The number of amides is 3. The minimum atomic E-state index is -0.636. The van der Waals surface area contributed by atoms with E-state index in [0.29, 0.717) is 172 Å². The molecule has 127 heavy (non-hydrogen) atoms. The van der Waals surface area contributed by atoms with E-state index in [1.165, 1.54) is 54.6 Å². The molecule has 3 unspecified atom stereocenters. The summed E-state index contributed by atoms with van der Waals surface area (Å²) in [4.78, 5) is 114. The Morgan fingerprint density at radius 2 is 0.772 bits per heavy atom. The van der Waals surface area contributed by atoms with E-state index in [4.69, 9.17) is 19.2 Å². The molecule has 9 saturated heterocycles. The van der Waals surface area contributed by atoms with Gasteiger partial charge in [0.1, 0.15) is 52.4 Å². The molecule has 9 fully saturated rings. The topological polar surface area (TPSA) is 213 Å². The summed E-state index contributed by atoms with van der Waals surface area (Å²) in [6.07, 6.45) is 7.66. The number of carbonyl (C=O) groups excluding carboxylic acids is 3. The predicted molar refractivity (Wildman–Crippen MR) is 482 cm³/mol. The number of morpholine rings is 3. The lowest BCUT2D eigenvalue weighted by atomic mass is 9.96. The number of hydrogen-bond donors (Lipinski definition) is 0. The summed E-state index contributed by atoms with van der Waals surface area (Å²) in [5.41, 5.74) is 6.59. The molecule has 0 N–H and O–H groups in total. The summed E-state index contributed by atoms with van der Waals surface area (Å²) >= 11 is 4.90. The first-order chi connectivity index (χ1) is 61.1. The Labute approximate surface area is 743 Å². The molecule has 21 rings (SSSR count). The molecule has 33 heteroatoms. The summed E-state index contributed by atoms with van der Waals surface area (Å²) in [5, 5.41) is 2.47. The number of benzene rings is 6. The van der Waals surface area contributed by atoms with Gasteiger partial charge in [-0.05, 0) is 157 Å². The molecule has 0 spiro atoms. The van der Waals surface area contributed by atoms with Crippen LogP contribution in [0.15, 0.2) is 140 Å². The number of aryl methyl sites for hydroxylation is 3. The molecule has 9 aromatic rings. The van der Waals surface area contributed by atoms with Gasteiger partial charge in [-0.25, -0.2) is 40.7 Å². The first-order valence-electron chi connectivity index (χ1n) is 43.8. The van der Waals surface area contributed by atoms with Crippen molar-refractivity contribution in [3.63, 3.8) is 0 Å². The van der Waals surface area contributed by atoms with Gasteiger partial charge in [0.25, 0.3) is 0 Å². The maximum atomic E-state index is 15.4. The van der Waals surface area contributed by atoms with Gasteiger partial charge >= 0.3 is 17.1 Å². The first kappa shape index (κ1) is 86.5. The van der Waals surface area contributed by atoms with E-state index >= 15 is 13.2 Å². The Bertz CT molecular complexity index is 6220. The number of anilines is 3. The molecular weight excluding hydrogens is 1690 g/mol. The monoisotopic (exact) mass is 1790 g/mol. The molecular formula is C94H101F6N15O9S3. The van der Waals surface area contributed by atoms with Crippen LogP contribution in [0.2, 0.25) is 0 Å². The number of nitrogens with zero attached hydrogens (tertiary/aromatic N) is 15. The van der Waals surface area contributed by atoms with Crippen molar-refractivity contribution < 1.29 is 54.9 Å². The smallest absolute Gasteiger partial charge is 0.350 e. The van der Waals surface area contributed by atoms with Crippen molar-refractivity contribution in [1.29, 1.82) is 0 Å². The average molecular weight is 1800 g/mol. The standard InChI is InChI=1S/2C32H35F2N5O3S.C30H31F2N5O3S/c1-5-27(40)36-11-19(4)37(12-18(36)3)31-25-8-17(2)28(24-7-6-20(33)9-26(24)34)30-29(25)39(32(41)35-31)13-22(16-43-30)38-14-23-10-21(38)15-42-23;1-5-27(40)39-18(3)11-36(12-19(39)4)31-25-8-17(2)28(24-7-6-20(33)9-26(24)34)30-29(25)38(32(41)35-31)13-22(16-43-30)37-14-23-10-21(37)15-42-23;1-3-25(38)34-6-8-35(9-7-34)29-23-10-17(2)26(22-5-4-18(31)11-24(22)32)28-27(23)37(30(39)33-29)13-20(16-41-28)36-14-21-12-19(36)15-40-21/h2*5-9,18-19,21-23H,1,10-16H2,2-4H3;3-5,10-11,19-21H,1,6-9,12-16H2,2H3/t18-,19+,21+,22?,23+;18-,19+,21-,22?,23-;19-,20?,21-/m100/s1. The fourth-order valence-corrected chi connectivity index (χ4v) is 26.3. The maximum Gasteiger partial charge on any atom is 0.350 e. The van der Waals surface area contributed by atoms with Crippen LogP contribution in [0.5, 0.6) is 0 Å². The fraction of sp³-hybridized carbons (Fsp3) is 0.457. The quantitative estimate of drug-likeness (QED) is 0.0821. The number of rotatable bonds is 12. The zero-order valence-corrected chi connectivity index (χ0v) is 74.4. The minimum Gasteiger partial charge on any atom is -0.375 e. The number of halogens is 6. The molecule has 3 aromatic heterocycles. The number of fused-ring (bicyclic) bond motifs is 6. The van der Waals surface area contributed by atoms with E-state index in [1.807, 2.05) is 71.6 Å². The van der Waals surface area contributed by atoms with Crippen LogP contribution in [-0.4, -0.2) is 264 Å². The van der Waals surface area contributed by atoms with Crippen molar-refractivity contribution in [2.24, 2.45) is 0 Å². The van der Waals surface area contributed by atoms with Crippen LogP contribution in [0.25, 0.3) is 66.1 Å². The highest BCUT2D eigenvalue weighted by Gasteiger charge is 2.48. The second kappa shape index (κ2) is 34.5. The van der Waals surface area contributed by atoms with Crippen LogP contribution >= 0.6 is 35.3 Å². The molecule has 6 aromatic carbocycles. The Morgan fingerprint density at radius 1 is 0.409 bits per heavy atom. The van der Waals surface area contributed by atoms with Gasteiger partial charge < -0.3 is 43.6 Å². The number of aromatic nitrogens is 6. The third-order valence-electron chi connectivity index (χ3n) is 27.9. The molecule has 6 bridgehead atoms. The number of ether oxygens (including phenoxy) is 3. The van der Waals surface area contributed by atoms with Crippen LogP contribution in [0.1, 0.15) is 63.6 Å². The van der Waals surface area contributed by atoms with E-state index in [1.54, 1.807) is 58.8 Å². The highest BCUT2D eigenvalue weighted by molar-refractivity contribution is 8.00. The third kappa shape index (κ3) is 15.6. The van der Waals surface area contributed by atoms with E-state index < -0.39 is 34.9 Å². The second-order valence-corrected chi connectivity index (χ2v) is 39.0. The van der Waals surface area contributed by atoms with E-state index in [2.05, 4.69) is 59.1 Å². The van der Waals surface area contributed by atoms with Gasteiger partial charge in [0, 0.05) is 252 Å². The van der Waals surface area contributed by atoms with Crippen LogP contribution in [0.4, 0.5) is 43.8 Å². The van der Waals surface area contributed by atoms with Gasteiger partial charge in [-0.2, -0.15) is 15.0 Å². The van der Waals surface area contributed by atoms with Crippen molar-refractivity contribution in [3.8, 4) is 33.4 Å². The van der Waals surface area contributed by atoms with Crippen molar-refractivity contribution in [3.05, 3.63) is 194 Å². The summed E-state index contributed by atoms with van der Waals surface area (Å²) < 4.78 is 111. The van der Waals surface area contributed by atoms with Crippen molar-refractivity contribution in [2.75, 3.05) is 124 Å². The third-order valence-corrected chi connectivity index (χ3v) is 31.6. The number of piperazine rings is 3. The lowest BCUT2D eigenvalue weighted by Gasteiger charge is -2.44. The maximum absolute atomic E-state index is 15.4. The average Bonchev–Trinajstić information content (AvgIpc) is 1.73. The van der Waals surface area contributed by atoms with Gasteiger partial charge in [0.05, 0.1) is 54.7 Å². The van der Waals surface area contributed by atoms with Gasteiger partial charge in [-0.15, -0.1) is 35.3 Å². The number of hydrogen-bond acceptors (Lipinski definition) is 21. The Hall–Kier alpha value is -9.84. The van der Waals surface area contributed by atoms with Crippen molar-refractivity contribution >= 4 is 103 Å². The largest absolute Gasteiger partial charge is 0.375 e. The summed E-state index contributed by atoms with van der Waals surface area (Å²) in [5.74, 6) is -0.292. The zero-order valence-electron chi connectivity index (χ0n) is 71.9. The summed E-state index contributed by atoms with van der Waals surface area (Å²) in [6.45, 7) is 34.7. The van der Waals surface area contributed by atoms with Gasteiger partial charge in [0.15, 0.2) is 0 Å². The van der Waals surface area contributed by atoms with E-state index in [0.717, 1.165) is 127 Å². The lowest BCUT2D eigenvalue weighted by molar-refractivity contribution is -0.131. The second-order valence-electron chi connectivity index (χ2n) is 35.9. The Balaban J connectivity index is 0.000000124. The molecule has 666 valence electrons. The van der Waals surface area contributed by atoms with E-state index in [9.17, 15) is 41.9 Å². The number of thioether (sulfide) groups is 3. The Kier molecular flexibility index (Phi) is 23.5. The van der Waals surface area contributed by atoms with Crippen LogP contribution in [0, 0.1) is 55.7 Å². The molecule has 24 nitrogen and oxygen atoms in total. The Morgan fingerprint density at radius 3 is 1.12 bits per heavy atom. The van der Waals surface area contributed by atoms with Crippen LogP contribution < -0.4 is 31.8 Å². The minimum absolute atomic E-state index is 0.0727. The molecule has 12 aliphatic heterocycles. The lowest BCUT2D eigenvalue weighted by Crippen LogP contribution is -2.58. The fourth-order valence-electron chi connectivity index (χ4n) is 22.0.